The minimum absolute atomic E-state index is 0.0256. The first-order chi connectivity index (χ1) is 15.1. The van der Waals surface area contributed by atoms with Gasteiger partial charge in [0.25, 0.3) is 5.69 Å². The Bertz CT molecular complexity index is 1450. The van der Waals surface area contributed by atoms with Crippen molar-refractivity contribution < 1.29 is 14.1 Å². The van der Waals surface area contributed by atoms with E-state index >= 15 is 0 Å². The minimum Gasteiger partial charge on any atom is -0.454 e. The van der Waals surface area contributed by atoms with Crippen molar-refractivity contribution in [1.29, 1.82) is 0 Å². The highest BCUT2D eigenvalue weighted by Crippen LogP contribution is 2.30. The van der Waals surface area contributed by atoms with E-state index in [0.29, 0.717) is 33.8 Å². The van der Waals surface area contributed by atoms with Crippen molar-refractivity contribution in [3.05, 3.63) is 83.3 Å². The zero-order valence-corrected chi connectivity index (χ0v) is 15.6. The van der Waals surface area contributed by atoms with Crippen LogP contribution in [-0.4, -0.2) is 29.5 Å². The molecule has 5 aromatic rings. The minimum atomic E-state index is -0.601. The molecule has 1 N–H and O–H groups in total. The maximum absolute atomic E-state index is 14.7. The molecule has 3 heterocycles. The first-order valence-corrected chi connectivity index (χ1v) is 9.00. The molecule has 0 fully saturated rings. The molecule has 0 aliphatic rings. The molecule has 3 aromatic heterocycles. The summed E-state index contributed by atoms with van der Waals surface area (Å²) in [5.74, 6) is 0.154. The lowest BCUT2D eigenvalue weighted by atomic mass is 10.2. The number of nitrogens with zero attached hydrogens (tertiary/aromatic N) is 6. The van der Waals surface area contributed by atoms with Crippen LogP contribution in [-0.2, 0) is 0 Å². The number of hydrogen-bond acceptors (Lipinski definition) is 8. The van der Waals surface area contributed by atoms with Crippen LogP contribution in [0, 0.1) is 15.9 Å². The SMILES string of the molecule is O=[N+]([O-])c1ccc2ncnc(Nc3ccc(Oc4ccn5ncnc5c4)c(F)c3)c2c1. The van der Waals surface area contributed by atoms with Gasteiger partial charge in [-0.25, -0.2) is 23.9 Å². The van der Waals surface area contributed by atoms with Gasteiger partial charge in [0.15, 0.2) is 17.2 Å². The normalized spacial score (nSPS) is 11.0. The maximum Gasteiger partial charge on any atom is 0.270 e. The number of anilines is 2. The van der Waals surface area contributed by atoms with Gasteiger partial charge >= 0.3 is 0 Å². The fraction of sp³-hybridized carbons (Fsp3) is 0. The Kier molecular flexibility index (Phi) is 4.32. The molecule has 0 amide bonds. The average molecular weight is 417 g/mol. The number of hydrogen-bond donors (Lipinski definition) is 1. The first kappa shape index (κ1) is 18.4. The molecule has 0 radical (unpaired) electrons. The van der Waals surface area contributed by atoms with Crippen molar-refractivity contribution >= 4 is 33.7 Å². The zero-order valence-electron chi connectivity index (χ0n) is 15.6. The number of benzene rings is 2. The molecule has 0 aliphatic heterocycles. The van der Waals surface area contributed by atoms with E-state index in [1.54, 1.807) is 28.9 Å². The summed E-state index contributed by atoms with van der Waals surface area (Å²) in [6, 6.07) is 11.9. The monoisotopic (exact) mass is 417 g/mol. The molecule has 10 nitrogen and oxygen atoms in total. The fourth-order valence-electron chi connectivity index (χ4n) is 3.04. The topological polar surface area (TPSA) is 120 Å². The summed E-state index contributed by atoms with van der Waals surface area (Å²) < 4.78 is 21.8. The van der Waals surface area contributed by atoms with Crippen molar-refractivity contribution in [3.63, 3.8) is 0 Å². The van der Waals surface area contributed by atoms with Gasteiger partial charge in [-0.2, -0.15) is 5.10 Å². The molecular formula is C20H12FN7O3. The van der Waals surface area contributed by atoms with Crippen molar-refractivity contribution in [1.82, 2.24) is 24.6 Å². The molecule has 0 aliphatic carbocycles. The Morgan fingerprint density at radius 3 is 2.77 bits per heavy atom. The van der Waals surface area contributed by atoms with Crippen LogP contribution in [0.2, 0.25) is 0 Å². The number of nitrogens with one attached hydrogen (secondary N) is 1. The molecule has 0 bridgehead atoms. The van der Waals surface area contributed by atoms with Crippen LogP contribution in [0.4, 0.5) is 21.6 Å². The third-order valence-electron chi connectivity index (χ3n) is 4.50. The van der Waals surface area contributed by atoms with Gasteiger partial charge in [-0.15, -0.1) is 0 Å². The lowest BCUT2D eigenvalue weighted by molar-refractivity contribution is -0.384. The molecule has 5 rings (SSSR count). The molecule has 31 heavy (non-hydrogen) atoms. The number of fused-ring (bicyclic) bond motifs is 2. The van der Waals surface area contributed by atoms with Crippen LogP contribution >= 0.6 is 0 Å². The van der Waals surface area contributed by atoms with E-state index in [2.05, 4.69) is 25.4 Å². The van der Waals surface area contributed by atoms with E-state index in [9.17, 15) is 14.5 Å². The quantitative estimate of drug-likeness (QED) is 0.333. The molecule has 0 saturated carbocycles. The van der Waals surface area contributed by atoms with Crippen molar-refractivity contribution in [2.45, 2.75) is 0 Å². The van der Waals surface area contributed by atoms with Gasteiger partial charge in [-0.1, -0.05) is 0 Å². The third-order valence-corrected chi connectivity index (χ3v) is 4.50. The highest BCUT2D eigenvalue weighted by Gasteiger charge is 2.12. The second-order valence-corrected chi connectivity index (χ2v) is 6.48. The molecule has 0 spiro atoms. The highest BCUT2D eigenvalue weighted by molar-refractivity contribution is 5.92. The molecule has 11 heteroatoms. The number of halogens is 1. The standard InChI is InChI=1S/C20H12FN7O3/c21-16-7-12(1-4-18(16)31-14-5-6-27-19(9-14)23-11-25-27)26-20-15-8-13(28(29)30)2-3-17(15)22-10-24-20/h1-11H,(H,22,24,26). The summed E-state index contributed by atoms with van der Waals surface area (Å²) in [7, 11) is 0. The summed E-state index contributed by atoms with van der Waals surface area (Å²) in [6.07, 6.45) is 4.39. The van der Waals surface area contributed by atoms with Gasteiger partial charge in [0.05, 0.1) is 10.4 Å². The number of ether oxygens (including phenoxy) is 1. The van der Waals surface area contributed by atoms with Gasteiger partial charge < -0.3 is 10.1 Å². The Morgan fingerprint density at radius 1 is 1.03 bits per heavy atom. The van der Waals surface area contributed by atoms with E-state index < -0.39 is 10.7 Å². The highest BCUT2D eigenvalue weighted by atomic mass is 19.1. The van der Waals surface area contributed by atoms with Crippen molar-refractivity contribution in [2.24, 2.45) is 0 Å². The molecule has 152 valence electrons. The first-order valence-electron chi connectivity index (χ1n) is 9.00. The number of nitro groups is 1. The van der Waals surface area contributed by atoms with E-state index in [0.717, 1.165) is 0 Å². The van der Waals surface area contributed by atoms with Gasteiger partial charge in [0.2, 0.25) is 0 Å². The number of pyridine rings is 1. The zero-order chi connectivity index (χ0) is 21.4. The third kappa shape index (κ3) is 3.55. The lowest BCUT2D eigenvalue weighted by Crippen LogP contribution is -1.98. The summed E-state index contributed by atoms with van der Waals surface area (Å²) in [6.45, 7) is 0. The number of aromatic nitrogens is 5. The van der Waals surface area contributed by atoms with Gasteiger partial charge in [-0.05, 0) is 24.3 Å². The van der Waals surface area contributed by atoms with E-state index in [1.165, 1.54) is 43.0 Å². The largest absolute Gasteiger partial charge is 0.454 e. The van der Waals surface area contributed by atoms with E-state index in [1.807, 2.05) is 0 Å². The summed E-state index contributed by atoms with van der Waals surface area (Å²) in [4.78, 5) is 22.9. The Labute approximate surface area is 173 Å². The van der Waals surface area contributed by atoms with Crippen LogP contribution in [0.1, 0.15) is 0 Å². The Morgan fingerprint density at radius 2 is 1.94 bits per heavy atom. The van der Waals surface area contributed by atoms with Crippen LogP contribution in [0.15, 0.2) is 67.4 Å². The number of non-ortho nitro benzene ring substituents is 1. The van der Waals surface area contributed by atoms with Gasteiger partial charge in [0.1, 0.15) is 24.2 Å². The second kappa shape index (κ2) is 7.30. The van der Waals surface area contributed by atoms with E-state index in [4.69, 9.17) is 4.74 Å². The Hall–Kier alpha value is -4.67. The van der Waals surface area contributed by atoms with Gasteiger partial charge in [-0.3, -0.25) is 10.1 Å². The Balaban J connectivity index is 1.42. The van der Waals surface area contributed by atoms with E-state index in [-0.39, 0.29) is 11.4 Å². The van der Waals surface area contributed by atoms with Gasteiger partial charge in [0, 0.05) is 41.5 Å². The van der Waals surface area contributed by atoms with Crippen LogP contribution in [0.3, 0.4) is 0 Å². The van der Waals surface area contributed by atoms with Crippen LogP contribution < -0.4 is 10.1 Å². The number of nitro benzene ring substituents is 1. The van der Waals surface area contributed by atoms with Crippen LogP contribution in [0.5, 0.6) is 11.5 Å². The van der Waals surface area contributed by atoms with Crippen LogP contribution in [0.25, 0.3) is 16.6 Å². The molecule has 2 aromatic carbocycles. The average Bonchev–Trinajstić information content (AvgIpc) is 3.23. The fourth-order valence-corrected chi connectivity index (χ4v) is 3.04. The smallest absolute Gasteiger partial charge is 0.270 e. The summed E-state index contributed by atoms with van der Waals surface area (Å²) in [5, 5.41) is 18.5. The predicted octanol–water partition coefficient (Wildman–Crippen LogP) is 4.26. The van der Waals surface area contributed by atoms with Crippen molar-refractivity contribution in [2.75, 3.05) is 5.32 Å². The molecule has 0 atom stereocenters. The molecular weight excluding hydrogens is 405 g/mol. The predicted molar refractivity (Wildman–Crippen MR) is 109 cm³/mol. The number of rotatable bonds is 5. The second-order valence-electron chi connectivity index (χ2n) is 6.48. The molecule has 0 unspecified atom stereocenters. The molecule has 0 saturated heterocycles. The summed E-state index contributed by atoms with van der Waals surface area (Å²) >= 11 is 0. The summed E-state index contributed by atoms with van der Waals surface area (Å²) in [5.41, 5.74) is 1.39. The maximum atomic E-state index is 14.7. The van der Waals surface area contributed by atoms with Crippen molar-refractivity contribution in [3.8, 4) is 11.5 Å². The lowest BCUT2D eigenvalue weighted by Gasteiger charge is -2.11.